The average Bonchev–Trinajstić information content (AvgIpc) is 2.80. The molecule has 4 bridgehead atoms. The minimum atomic E-state index is 0.201. The van der Waals surface area contributed by atoms with Crippen molar-refractivity contribution in [2.24, 2.45) is 23.5 Å². The van der Waals surface area contributed by atoms with E-state index in [1.165, 1.54) is 49.9 Å². The molecule has 108 valence electrons. The van der Waals surface area contributed by atoms with Crippen LogP contribution in [0.4, 0.5) is 5.82 Å². The Balaban J connectivity index is 1.57. The van der Waals surface area contributed by atoms with Gasteiger partial charge in [0.05, 0.1) is 12.7 Å². The van der Waals surface area contributed by atoms with Gasteiger partial charge in [-0.1, -0.05) is 0 Å². The highest BCUT2D eigenvalue weighted by Gasteiger charge is 2.53. The third-order valence-corrected chi connectivity index (χ3v) is 6.39. The molecule has 4 heteroatoms. The summed E-state index contributed by atoms with van der Waals surface area (Å²) >= 11 is 0. The third kappa shape index (κ3) is 1.49. The van der Waals surface area contributed by atoms with Gasteiger partial charge in [-0.25, -0.2) is 4.68 Å². The van der Waals surface area contributed by atoms with E-state index in [-0.39, 0.29) is 6.04 Å². The van der Waals surface area contributed by atoms with E-state index in [1.54, 1.807) is 0 Å². The van der Waals surface area contributed by atoms with Crippen LogP contribution in [0.15, 0.2) is 6.20 Å². The highest BCUT2D eigenvalue weighted by atomic mass is 15.3. The van der Waals surface area contributed by atoms with Crippen LogP contribution in [0.2, 0.25) is 0 Å². The van der Waals surface area contributed by atoms with Gasteiger partial charge in [-0.3, -0.25) is 0 Å². The van der Waals surface area contributed by atoms with Crippen LogP contribution in [0.5, 0.6) is 0 Å². The molecular formula is C16H24N4. The Labute approximate surface area is 120 Å². The van der Waals surface area contributed by atoms with Crippen LogP contribution >= 0.6 is 0 Å². The Bertz CT molecular complexity index is 511. The predicted molar refractivity (Wildman–Crippen MR) is 78.5 cm³/mol. The molecule has 3 N–H and O–H groups in total. The van der Waals surface area contributed by atoms with Crippen LogP contribution in [0.25, 0.3) is 0 Å². The summed E-state index contributed by atoms with van der Waals surface area (Å²) < 4.78 is 2.11. The standard InChI is InChI=1S/C16H24N4/c17-13-7-18-15-14(8-19-20(15)9-13)16-4-10-1-11(5-16)3-12(2-10)6-16/h8,10-13,18H,1-7,9,17H2. The van der Waals surface area contributed by atoms with Crippen molar-refractivity contribution in [3.63, 3.8) is 0 Å². The molecule has 0 radical (unpaired) electrons. The lowest BCUT2D eigenvalue weighted by atomic mass is 9.48. The second-order valence-corrected chi connectivity index (χ2v) is 7.93. The van der Waals surface area contributed by atoms with E-state index in [0.717, 1.165) is 30.8 Å². The number of rotatable bonds is 1. The molecule has 0 amide bonds. The largest absolute Gasteiger partial charge is 0.368 e. The van der Waals surface area contributed by atoms with Crippen molar-refractivity contribution in [1.82, 2.24) is 9.78 Å². The van der Waals surface area contributed by atoms with Gasteiger partial charge in [0.25, 0.3) is 0 Å². The summed E-state index contributed by atoms with van der Waals surface area (Å²) in [7, 11) is 0. The minimum absolute atomic E-state index is 0.201. The molecule has 1 unspecified atom stereocenters. The number of hydrogen-bond acceptors (Lipinski definition) is 3. The third-order valence-electron chi connectivity index (χ3n) is 6.39. The molecule has 4 aliphatic carbocycles. The first-order valence-corrected chi connectivity index (χ1v) is 8.27. The molecule has 4 saturated carbocycles. The topological polar surface area (TPSA) is 55.9 Å². The van der Waals surface area contributed by atoms with E-state index in [4.69, 9.17) is 5.73 Å². The Morgan fingerprint density at radius 3 is 2.45 bits per heavy atom. The van der Waals surface area contributed by atoms with Crippen LogP contribution in [-0.4, -0.2) is 22.4 Å². The van der Waals surface area contributed by atoms with E-state index >= 15 is 0 Å². The zero-order valence-electron chi connectivity index (χ0n) is 12.0. The first-order valence-electron chi connectivity index (χ1n) is 8.27. The average molecular weight is 272 g/mol. The number of hydrogen-bond donors (Lipinski definition) is 2. The van der Waals surface area contributed by atoms with E-state index in [9.17, 15) is 0 Å². The number of nitrogens with zero attached hydrogens (tertiary/aromatic N) is 2. The Morgan fingerprint density at radius 2 is 1.80 bits per heavy atom. The predicted octanol–water partition coefficient (Wildman–Crippen LogP) is 2.10. The SMILES string of the molecule is NC1CNc2c(C34CC5CC(CC(C5)C3)C4)cnn2C1. The molecular weight excluding hydrogens is 248 g/mol. The zero-order chi connectivity index (χ0) is 13.3. The number of aromatic nitrogens is 2. The quantitative estimate of drug-likeness (QED) is 0.823. The van der Waals surface area contributed by atoms with Crippen molar-refractivity contribution in [2.45, 2.75) is 56.5 Å². The summed E-state index contributed by atoms with van der Waals surface area (Å²) in [6.45, 7) is 1.76. The normalized spacial score (nSPS) is 45.2. The molecule has 0 spiro atoms. The number of nitrogens with one attached hydrogen (secondary N) is 1. The Hall–Kier alpha value is -1.03. The van der Waals surface area contributed by atoms with E-state index < -0.39 is 0 Å². The number of nitrogens with two attached hydrogens (primary N) is 1. The lowest BCUT2D eigenvalue weighted by Crippen LogP contribution is -2.49. The monoisotopic (exact) mass is 272 g/mol. The molecule has 4 nitrogen and oxygen atoms in total. The van der Waals surface area contributed by atoms with Crippen molar-refractivity contribution < 1.29 is 0 Å². The number of anilines is 1. The van der Waals surface area contributed by atoms with Crippen LogP contribution < -0.4 is 11.1 Å². The fraction of sp³-hybridized carbons (Fsp3) is 0.812. The van der Waals surface area contributed by atoms with Gasteiger partial charge in [0.2, 0.25) is 0 Å². The summed E-state index contributed by atoms with van der Waals surface area (Å²) in [4.78, 5) is 0. The summed E-state index contributed by atoms with van der Waals surface area (Å²) in [5.74, 6) is 4.25. The fourth-order valence-electron chi connectivity index (χ4n) is 6.05. The molecule has 0 saturated heterocycles. The van der Waals surface area contributed by atoms with Gasteiger partial charge in [0, 0.05) is 23.6 Å². The van der Waals surface area contributed by atoms with E-state index in [2.05, 4.69) is 21.3 Å². The number of fused-ring (bicyclic) bond motifs is 1. The lowest BCUT2D eigenvalue weighted by molar-refractivity contribution is -0.00492. The molecule has 4 fully saturated rings. The van der Waals surface area contributed by atoms with Crippen molar-refractivity contribution in [3.05, 3.63) is 11.8 Å². The van der Waals surface area contributed by atoms with Crippen molar-refractivity contribution in [3.8, 4) is 0 Å². The van der Waals surface area contributed by atoms with Crippen LogP contribution in [0, 0.1) is 17.8 Å². The van der Waals surface area contributed by atoms with Gasteiger partial charge in [-0.05, 0) is 56.3 Å². The summed E-state index contributed by atoms with van der Waals surface area (Å²) in [5, 5.41) is 8.20. The van der Waals surface area contributed by atoms with Crippen LogP contribution in [-0.2, 0) is 12.0 Å². The first kappa shape index (κ1) is 11.6. The maximum absolute atomic E-state index is 6.04. The summed E-state index contributed by atoms with van der Waals surface area (Å²) in [6, 6.07) is 0.201. The second kappa shape index (κ2) is 3.79. The van der Waals surface area contributed by atoms with Gasteiger partial charge in [-0.15, -0.1) is 0 Å². The van der Waals surface area contributed by atoms with Crippen LogP contribution in [0.1, 0.15) is 44.1 Å². The smallest absolute Gasteiger partial charge is 0.128 e. The maximum atomic E-state index is 6.04. The van der Waals surface area contributed by atoms with Gasteiger partial charge < -0.3 is 11.1 Å². The molecule has 2 heterocycles. The molecule has 1 aromatic heterocycles. The molecule has 0 aromatic carbocycles. The van der Waals surface area contributed by atoms with Crippen molar-refractivity contribution >= 4 is 5.82 Å². The second-order valence-electron chi connectivity index (χ2n) is 7.93. The van der Waals surface area contributed by atoms with Crippen LogP contribution in [0.3, 0.4) is 0 Å². The summed E-state index contributed by atoms with van der Waals surface area (Å²) in [6.07, 6.45) is 10.9. The molecule has 1 atom stereocenters. The molecule has 1 aliphatic heterocycles. The van der Waals surface area contributed by atoms with Gasteiger partial charge in [0.15, 0.2) is 0 Å². The van der Waals surface area contributed by atoms with Crippen molar-refractivity contribution in [2.75, 3.05) is 11.9 Å². The first-order chi connectivity index (χ1) is 9.72. The molecule has 5 aliphatic rings. The molecule has 6 rings (SSSR count). The highest BCUT2D eigenvalue weighted by molar-refractivity contribution is 5.51. The van der Waals surface area contributed by atoms with Crippen molar-refractivity contribution in [1.29, 1.82) is 0 Å². The minimum Gasteiger partial charge on any atom is -0.368 e. The molecule has 1 aromatic rings. The highest BCUT2D eigenvalue weighted by Crippen LogP contribution is 2.61. The maximum Gasteiger partial charge on any atom is 0.128 e. The lowest BCUT2D eigenvalue weighted by Gasteiger charge is -2.57. The van der Waals surface area contributed by atoms with Gasteiger partial charge in [0.1, 0.15) is 5.82 Å². The molecule has 20 heavy (non-hydrogen) atoms. The van der Waals surface area contributed by atoms with Gasteiger partial charge in [-0.2, -0.15) is 5.10 Å². The van der Waals surface area contributed by atoms with E-state index in [0.29, 0.717) is 5.41 Å². The zero-order valence-corrected chi connectivity index (χ0v) is 12.0. The Morgan fingerprint density at radius 1 is 1.15 bits per heavy atom. The van der Waals surface area contributed by atoms with E-state index in [1.807, 2.05) is 0 Å². The Kier molecular flexibility index (Phi) is 2.20. The van der Waals surface area contributed by atoms with Gasteiger partial charge >= 0.3 is 0 Å². The summed E-state index contributed by atoms with van der Waals surface area (Å²) in [5.41, 5.74) is 8.00. The fourth-order valence-corrected chi connectivity index (χ4v) is 6.05.